The molecule has 0 spiro atoms. The molecule has 4 heteroatoms. The van der Waals surface area contributed by atoms with Gasteiger partial charge >= 0.3 is 0 Å². The fourth-order valence-corrected chi connectivity index (χ4v) is 7.88. The van der Waals surface area contributed by atoms with E-state index in [4.69, 9.17) is 15.0 Å². The second-order valence-corrected chi connectivity index (χ2v) is 13.3. The van der Waals surface area contributed by atoms with E-state index in [9.17, 15) is 0 Å². The van der Waals surface area contributed by atoms with E-state index in [1.165, 1.54) is 63.6 Å². The Morgan fingerprint density at radius 3 is 1.72 bits per heavy atom. The van der Waals surface area contributed by atoms with Crippen LogP contribution in [0.2, 0.25) is 0 Å². The monoisotopic (exact) mass is 607 g/mol. The van der Waals surface area contributed by atoms with Crippen LogP contribution in [-0.4, -0.2) is 15.0 Å². The molecule has 0 aliphatic carbocycles. The highest BCUT2D eigenvalue weighted by Crippen LogP contribution is 2.42. The molecule has 2 aromatic heterocycles. The zero-order valence-corrected chi connectivity index (χ0v) is 26.3. The molecular formula is C42H29N3S. The number of rotatable bonds is 4. The smallest absolute Gasteiger partial charge is 0.164 e. The van der Waals surface area contributed by atoms with Gasteiger partial charge in [-0.1, -0.05) is 123 Å². The third-order valence-corrected chi connectivity index (χ3v) is 10.2. The van der Waals surface area contributed by atoms with Crippen LogP contribution in [0.3, 0.4) is 0 Å². The molecule has 0 fully saturated rings. The van der Waals surface area contributed by atoms with Gasteiger partial charge in [0.05, 0.1) is 0 Å². The van der Waals surface area contributed by atoms with E-state index in [1.54, 1.807) is 0 Å². The Morgan fingerprint density at radius 1 is 0.435 bits per heavy atom. The van der Waals surface area contributed by atoms with Crippen molar-refractivity contribution in [3.8, 4) is 33.9 Å². The Morgan fingerprint density at radius 2 is 1.02 bits per heavy atom. The van der Waals surface area contributed by atoms with Crippen molar-refractivity contribution in [3.63, 3.8) is 0 Å². The van der Waals surface area contributed by atoms with Gasteiger partial charge in [0.2, 0.25) is 0 Å². The minimum atomic E-state index is 0.176. The van der Waals surface area contributed by atoms with Crippen molar-refractivity contribution in [3.05, 3.63) is 139 Å². The molecule has 46 heavy (non-hydrogen) atoms. The first-order valence-corrected chi connectivity index (χ1v) is 16.5. The summed E-state index contributed by atoms with van der Waals surface area (Å²) in [7, 11) is 0. The summed E-state index contributed by atoms with van der Waals surface area (Å²) in [6.07, 6.45) is 0. The fourth-order valence-electron chi connectivity index (χ4n) is 6.77. The Hall–Kier alpha value is -5.45. The summed E-state index contributed by atoms with van der Waals surface area (Å²) in [6, 6.07) is 48.0. The van der Waals surface area contributed by atoms with Crippen LogP contribution in [0.25, 0.3) is 86.4 Å². The molecule has 3 nitrogen and oxygen atoms in total. The van der Waals surface area contributed by atoms with Crippen molar-refractivity contribution in [2.75, 3.05) is 0 Å². The van der Waals surface area contributed by atoms with Gasteiger partial charge in [0.1, 0.15) is 5.82 Å². The SMILES string of the molecule is CC(C)c1nc(-c2ccccc2)nc(-c2cccc3sc4ccc(-c5ccc6c7ccccc7c7ccccc7c6c5)cc4c23)n1. The lowest BCUT2D eigenvalue weighted by Crippen LogP contribution is -2.04. The summed E-state index contributed by atoms with van der Waals surface area (Å²) in [6.45, 7) is 4.27. The first-order chi connectivity index (χ1) is 22.6. The van der Waals surface area contributed by atoms with Gasteiger partial charge in [-0.05, 0) is 67.7 Å². The van der Waals surface area contributed by atoms with Crippen LogP contribution in [-0.2, 0) is 0 Å². The molecule has 0 N–H and O–H groups in total. The normalized spacial score (nSPS) is 11.9. The third kappa shape index (κ3) is 4.29. The topological polar surface area (TPSA) is 38.7 Å². The maximum Gasteiger partial charge on any atom is 0.164 e. The molecule has 0 atom stereocenters. The zero-order valence-electron chi connectivity index (χ0n) is 25.5. The van der Waals surface area contributed by atoms with E-state index in [0.717, 1.165) is 22.8 Å². The lowest BCUT2D eigenvalue weighted by molar-refractivity contribution is 0.766. The van der Waals surface area contributed by atoms with Crippen LogP contribution >= 0.6 is 11.3 Å². The van der Waals surface area contributed by atoms with E-state index in [2.05, 4.69) is 129 Å². The highest BCUT2D eigenvalue weighted by molar-refractivity contribution is 7.26. The minimum Gasteiger partial charge on any atom is -0.213 e. The fraction of sp³-hybridized carbons (Fsp3) is 0.0714. The number of fused-ring (bicyclic) bond motifs is 9. The molecule has 2 heterocycles. The van der Waals surface area contributed by atoms with Crippen molar-refractivity contribution in [2.45, 2.75) is 19.8 Å². The summed E-state index contributed by atoms with van der Waals surface area (Å²) < 4.78 is 2.48. The lowest BCUT2D eigenvalue weighted by Gasteiger charge is -2.12. The molecule has 7 aromatic carbocycles. The molecule has 0 aliphatic rings. The molecule has 0 bridgehead atoms. The largest absolute Gasteiger partial charge is 0.213 e. The molecule has 0 unspecified atom stereocenters. The van der Waals surface area contributed by atoms with E-state index >= 15 is 0 Å². The molecule has 218 valence electrons. The van der Waals surface area contributed by atoms with Crippen molar-refractivity contribution < 1.29 is 0 Å². The lowest BCUT2D eigenvalue weighted by atomic mass is 9.92. The van der Waals surface area contributed by atoms with Crippen LogP contribution < -0.4 is 0 Å². The van der Waals surface area contributed by atoms with E-state index in [0.29, 0.717) is 5.82 Å². The van der Waals surface area contributed by atoms with Crippen LogP contribution in [0.1, 0.15) is 25.6 Å². The molecule has 0 saturated carbocycles. The summed E-state index contributed by atoms with van der Waals surface area (Å²) in [5, 5.41) is 10.2. The van der Waals surface area contributed by atoms with Gasteiger partial charge in [-0.25, -0.2) is 15.0 Å². The maximum atomic E-state index is 5.04. The first kappa shape index (κ1) is 26.9. The third-order valence-electron chi connectivity index (χ3n) is 9.01. The van der Waals surface area contributed by atoms with Crippen LogP contribution in [0.15, 0.2) is 133 Å². The van der Waals surface area contributed by atoms with E-state index in [-0.39, 0.29) is 5.92 Å². The molecule has 9 rings (SSSR count). The van der Waals surface area contributed by atoms with Crippen molar-refractivity contribution in [1.29, 1.82) is 0 Å². The van der Waals surface area contributed by atoms with Gasteiger partial charge in [-0.15, -0.1) is 11.3 Å². The number of nitrogens with zero attached hydrogens (tertiary/aromatic N) is 3. The highest BCUT2D eigenvalue weighted by atomic mass is 32.1. The summed E-state index contributed by atoms with van der Waals surface area (Å²) in [5.74, 6) is 2.41. The maximum absolute atomic E-state index is 5.04. The van der Waals surface area contributed by atoms with Gasteiger partial charge in [-0.2, -0.15) is 0 Å². The Balaban J connectivity index is 1.26. The Kier molecular flexibility index (Phi) is 6.19. The molecule has 0 radical (unpaired) electrons. The van der Waals surface area contributed by atoms with Crippen molar-refractivity contribution in [2.24, 2.45) is 0 Å². The highest BCUT2D eigenvalue weighted by Gasteiger charge is 2.18. The Labute approximate surface area is 270 Å². The average molecular weight is 608 g/mol. The van der Waals surface area contributed by atoms with Gasteiger partial charge in [0.15, 0.2) is 11.6 Å². The number of hydrogen-bond donors (Lipinski definition) is 0. The average Bonchev–Trinajstić information content (AvgIpc) is 3.50. The standard InChI is InChI=1S/C42H29N3S/c1-25(2)40-43-41(26-11-4-3-5-12-26)45-42(44-40)34-17-10-18-38-39(34)36-24-28(20-22-37(36)46-38)27-19-21-33-31-15-7-6-13-29(31)30-14-8-9-16-32(30)35(33)23-27/h3-25H,1-2H3. The number of benzene rings is 7. The number of hydrogen-bond acceptors (Lipinski definition) is 4. The van der Waals surface area contributed by atoms with Crippen molar-refractivity contribution >= 4 is 63.8 Å². The van der Waals surface area contributed by atoms with Gasteiger partial charge < -0.3 is 0 Å². The van der Waals surface area contributed by atoms with Crippen LogP contribution in [0, 0.1) is 0 Å². The van der Waals surface area contributed by atoms with Crippen molar-refractivity contribution in [1.82, 2.24) is 15.0 Å². The molecule has 0 amide bonds. The molecule has 0 aliphatic heterocycles. The zero-order chi connectivity index (χ0) is 30.8. The second kappa shape index (κ2) is 10.6. The summed E-state index contributed by atoms with van der Waals surface area (Å²) in [5.41, 5.74) is 4.44. The molecule has 9 aromatic rings. The van der Waals surface area contributed by atoms with E-state index < -0.39 is 0 Å². The predicted molar refractivity (Wildman–Crippen MR) is 196 cm³/mol. The Bertz CT molecular complexity index is 2580. The van der Waals surface area contributed by atoms with Gasteiger partial charge in [0.25, 0.3) is 0 Å². The predicted octanol–water partition coefficient (Wildman–Crippen LogP) is 11.8. The summed E-state index contributed by atoms with van der Waals surface area (Å²) >= 11 is 1.82. The van der Waals surface area contributed by atoms with Gasteiger partial charge in [-0.3, -0.25) is 0 Å². The molecule has 0 saturated heterocycles. The van der Waals surface area contributed by atoms with E-state index in [1.807, 2.05) is 29.5 Å². The minimum absolute atomic E-state index is 0.176. The van der Waals surface area contributed by atoms with Crippen LogP contribution in [0.4, 0.5) is 0 Å². The number of aromatic nitrogens is 3. The summed E-state index contributed by atoms with van der Waals surface area (Å²) in [4.78, 5) is 14.9. The number of thiophene rings is 1. The van der Waals surface area contributed by atoms with Crippen LogP contribution in [0.5, 0.6) is 0 Å². The first-order valence-electron chi connectivity index (χ1n) is 15.7. The second-order valence-electron chi connectivity index (χ2n) is 12.2. The molecular weight excluding hydrogens is 579 g/mol. The van der Waals surface area contributed by atoms with Gasteiger partial charge in [0, 0.05) is 37.2 Å². The quantitative estimate of drug-likeness (QED) is 0.187.